The third kappa shape index (κ3) is 5.29. The van der Waals surface area contributed by atoms with E-state index in [0.29, 0.717) is 29.7 Å². The molecule has 2 N–H and O–H groups in total. The predicted octanol–water partition coefficient (Wildman–Crippen LogP) is 5.74. The molecule has 11 heteroatoms. The minimum Gasteiger partial charge on any atom is -0.478 e. The van der Waals surface area contributed by atoms with Gasteiger partial charge in [-0.2, -0.15) is 5.26 Å². The van der Waals surface area contributed by atoms with Crippen molar-refractivity contribution >= 4 is 17.0 Å². The maximum absolute atomic E-state index is 15.5. The average Bonchev–Trinajstić information content (AvgIpc) is 3.71. The number of aliphatic hydroxyl groups excluding tert-OH is 1. The molecule has 0 radical (unpaired) electrons. The number of fused-ring (bicyclic) bond motifs is 1. The third-order valence-corrected chi connectivity index (χ3v) is 7.61. The van der Waals surface area contributed by atoms with Gasteiger partial charge in [-0.05, 0) is 66.9 Å². The van der Waals surface area contributed by atoms with Crippen LogP contribution in [0.15, 0.2) is 66.7 Å². The van der Waals surface area contributed by atoms with E-state index < -0.39 is 29.0 Å². The van der Waals surface area contributed by atoms with E-state index in [9.17, 15) is 19.4 Å². The van der Waals surface area contributed by atoms with Crippen LogP contribution in [0.4, 0.5) is 13.2 Å². The van der Waals surface area contributed by atoms with Gasteiger partial charge in [0.2, 0.25) is 5.88 Å². The van der Waals surface area contributed by atoms with Gasteiger partial charge >= 0.3 is 5.97 Å². The summed E-state index contributed by atoms with van der Waals surface area (Å²) >= 11 is 0. The van der Waals surface area contributed by atoms with Crippen LogP contribution >= 0.6 is 0 Å². The van der Waals surface area contributed by atoms with E-state index in [2.05, 4.69) is 9.97 Å². The molecular formula is C32H23F3N4O4. The quantitative estimate of drug-likeness (QED) is 0.227. The number of nitriles is 1. The van der Waals surface area contributed by atoms with Crippen LogP contribution in [0.25, 0.3) is 22.3 Å². The van der Waals surface area contributed by atoms with Crippen molar-refractivity contribution < 1.29 is 32.9 Å². The molecule has 0 amide bonds. The number of nitrogens with zero attached hydrogens (tertiary/aromatic N) is 4. The molecule has 0 unspecified atom stereocenters. The first kappa shape index (κ1) is 27.9. The van der Waals surface area contributed by atoms with Crippen LogP contribution in [0.2, 0.25) is 0 Å². The molecule has 6 rings (SSSR count). The van der Waals surface area contributed by atoms with Gasteiger partial charge in [0, 0.05) is 23.6 Å². The zero-order valence-electron chi connectivity index (χ0n) is 22.5. The highest BCUT2D eigenvalue weighted by Crippen LogP contribution is 2.46. The van der Waals surface area contributed by atoms with E-state index in [0.717, 1.165) is 18.2 Å². The lowest BCUT2D eigenvalue weighted by molar-refractivity contribution is 0.0697. The topological polar surface area (TPSA) is 121 Å². The van der Waals surface area contributed by atoms with Gasteiger partial charge in [0.25, 0.3) is 0 Å². The van der Waals surface area contributed by atoms with Crippen molar-refractivity contribution in [2.45, 2.75) is 31.4 Å². The number of rotatable bonds is 9. The smallest absolute Gasteiger partial charge is 0.335 e. The number of aromatic carboxylic acids is 1. The first-order valence-electron chi connectivity index (χ1n) is 13.3. The SMILES string of the molecule is N#Cc1ccc(COc2cccc(-c3cc(F)c(Cc4nc5ccc(C(=O)O)cc5n4C4(CO)CC4)cc3F)n2)c(F)c1. The number of hydrogen-bond acceptors (Lipinski definition) is 6. The Kier molecular flexibility index (Phi) is 7.07. The highest BCUT2D eigenvalue weighted by atomic mass is 19.1. The summed E-state index contributed by atoms with van der Waals surface area (Å²) in [5.74, 6) is -2.72. The lowest BCUT2D eigenvalue weighted by Gasteiger charge is -2.19. The monoisotopic (exact) mass is 584 g/mol. The second kappa shape index (κ2) is 10.9. The standard InChI is InChI=1S/C32H23F3N4O4/c33-23-10-18(15-36)4-5-20(23)16-43-30-3-1-2-26(38-30)22-14-24(34)21(11-25(22)35)13-29-37-27-7-6-19(31(41)42)12-28(27)39(29)32(17-40)8-9-32/h1-7,10-12,14,40H,8-9,13,16-17H2,(H,41,42). The second-order valence-corrected chi connectivity index (χ2v) is 10.4. The molecule has 2 aromatic heterocycles. The first-order chi connectivity index (χ1) is 20.7. The van der Waals surface area contributed by atoms with Gasteiger partial charge < -0.3 is 19.5 Å². The van der Waals surface area contributed by atoms with Crippen LogP contribution in [0.1, 0.15) is 45.7 Å². The Hall–Kier alpha value is -5.21. The summed E-state index contributed by atoms with van der Waals surface area (Å²) in [5.41, 5.74) is 0.752. The first-order valence-corrected chi connectivity index (χ1v) is 13.3. The van der Waals surface area contributed by atoms with Gasteiger partial charge in [-0.1, -0.05) is 12.1 Å². The van der Waals surface area contributed by atoms with Crippen LogP contribution in [0.5, 0.6) is 5.88 Å². The fourth-order valence-electron chi connectivity index (χ4n) is 5.12. The number of benzene rings is 3. The molecule has 0 saturated heterocycles. The molecule has 2 heterocycles. The van der Waals surface area contributed by atoms with Gasteiger partial charge in [-0.15, -0.1) is 0 Å². The number of carboxylic acids is 1. The zero-order valence-corrected chi connectivity index (χ0v) is 22.5. The minimum atomic E-state index is -1.11. The van der Waals surface area contributed by atoms with Crippen LogP contribution in [-0.4, -0.2) is 37.3 Å². The lowest BCUT2D eigenvalue weighted by atomic mass is 10.0. The highest BCUT2D eigenvalue weighted by molar-refractivity contribution is 5.92. The molecule has 1 fully saturated rings. The molecule has 8 nitrogen and oxygen atoms in total. The Morgan fingerprint density at radius 2 is 1.77 bits per heavy atom. The molecule has 5 aromatic rings. The fraction of sp³-hybridized carbons (Fsp3) is 0.188. The summed E-state index contributed by atoms with van der Waals surface area (Å²) in [6.45, 7) is -0.394. The van der Waals surface area contributed by atoms with Gasteiger partial charge in [0.05, 0.1) is 46.1 Å². The lowest BCUT2D eigenvalue weighted by Crippen LogP contribution is -2.24. The Balaban J connectivity index is 1.29. The number of halogens is 3. The van der Waals surface area contributed by atoms with Crippen molar-refractivity contribution in [1.82, 2.24) is 14.5 Å². The molecular weight excluding hydrogens is 561 g/mol. The molecule has 0 spiro atoms. The summed E-state index contributed by atoms with van der Waals surface area (Å²) in [4.78, 5) is 20.4. The minimum absolute atomic E-state index is 0.0219. The van der Waals surface area contributed by atoms with Crippen LogP contribution < -0.4 is 4.74 Å². The number of aromatic nitrogens is 3. The molecule has 3 aromatic carbocycles. The number of carboxylic acid groups (broad SMARTS) is 1. The number of aliphatic hydroxyl groups is 1. The van der Waals surface area contributed by atoms with E-state index in [1.54, 1.807) is 16.7 Å². The Morgan fingerprint density at radius 3 is 2.47 bits per heavy atom. The largest absolute Gasteiger partial charge is 0.478 e. The summed E-state index contributed by atoms with van der Waals surface area (Å²) < 4.78 is 52.4. The molecule has 43 heavy (non-hydrogen) atoms. The number of hydrogen-bond donors (Lipinski definition) is 2. The average molecular weight is 585 g/mol. The number of carbonyl (C=O) groups is 1. The highest BCUT2D eigenvalue weighted by Gasteiger charge is 2.46. The fourth-order valence-corrected chi connectivity index (χ4v) is 5.12. The van der Waals surface area contributed by atoms with Crippen LogP contribution in [0.3, 0.4) is 0 Å². The number of imidazole rings is 1. The summed E-state index contributed by atoms with van der Waals surface area (Å²) in [6.07, 6.45) is 1.17. The molecule has 0 aliphatic heterocycles. The van der Waals surface area contributed by atoms with Crippen molar-refractivity contribution in [2.24, 2.45) is 0 Å². The molecule has 1 aliphatic carbocycles. The third-order valence-electron chi connectivity index (χ3n) is 7.61. The van der Waals surface area contributed by atoms with Gasteiger partial charge in [0.15, 0.2) is 0 Å². The normalized spacial score (nSPS) is 13.6. The summed E-state index contributed by atoms with van der Waals surface area (Å²) in [6, 6.07) is 16.9. The molecule has 0 atom stereocenters. The van der Waals surface area contributed by atoms with Crippen molar-refractivity contribution in [3.63, 3.8) is 0 Å². The van der Waals surface area contributed by atoms with Gasteiger partial charge in [0.1, 0.15) is 29.9 Å². The molecule has 1 saturated carbocycles. The van der Waals surface area contributed by atoms with Crippen molar-refractivity contribution in [3.05, 3.63) is 112 Å². The van der Waals surface area contributed by atoms with Crippen molar-refractivity contribution in [1.29, 1.82) is 5.26 Å². The zero-order chi connectivity index (χ0) is 30.3. The van der Waals surface area contributed by atoms with Gasteiger partial charge in [-0.3, -0.25) is 0 Å². The maximum atomic E-state index is 15.5. The van der Waals surface area contributed by atoms with Crippen molar-refractivity contribution in [3.8, 4) is 23.2 Å². The molecule has 1 aliphatic rings. The van der Waals surface area contributed by atoms with E-state index in [4.69, 9.17) is 10.00 Å². The Labute approximate surface area is 243 Å². The van der Waals surface area contributed by atoms with Crippen LogP contribution in [0, 0.1) is 28.8 Å². The van der Waals surface area contributed by atoms with Crippen molar-refractivity contribution in [2.75, 3.05) is 6.61 Å². The Bertz CT molecular complexity index is 1950. The number of ether oxygens (including phenoxy) is 1. The molecule has 216 valence electrons. The van der Waals surface area contributed by atoms with Crippen LogP contribution in [-0.2, 0) is 18.6 Å². The summed E-state index contributed by atoms with van der Waals surface area (Å²) in [5, 5.41) is 28.5. The van der Waals surface area contributed by atoms with E-state index in [1.165, 1.54) is 36.4 Å². The summed E-state index contributed by atoms with van der Waals surface area (Å²) in [7, 11) is 0. The van der Waals surface area contributed by atoms with E-state index in [-0.39, 0.29) is 59.0 Å². The van der Waals surface area contributed by atoms with E-state index >= 15 is 8.78 Å². The molecule has 0 bridgehead atoms. The van der Waals surface area contributed by atoms with E-state index in [1.807, 2.05) is 6.07 Å². The number of pyridine rings is 1. The predicted molar refractivity (Wildman–Crippen MR) is 149 cm³/mol. The van der Waals surface area contributed by atoms with Gasteiger partial charge in [-0.25, -0.2) is 27.9 Å². The second-order valence-electron chi connectivity index (χ2n) is 10.4. The Morgan fingerprint density at radius 1 is 0.977 bits per heavy atom. The maximum Gasteiger partial charge on any atom is 0.335 e.